The second-order valence-electron chi connectivity index (χ2n) is 5.51. The number of amides is 1. The van der Waals surface area contributed by atoms with E-state index in [1.807, 2.05) is 30.3 Å². The average molecular weight is 359 g/mol. The zero-order valence-electron chi connectivity index (χ0n) is 12.3. The first-order valence-corrected chi connectivity index (χ1v) is 8.39. The summed E-state index contributed by atoms with van der Waals surface area (Å²) >= 11 is 3.43. The highest BCUT2D eigenvalue weighted by Gasteiger charge is 2.25. The Bertz CT molecular complexity index is 645. The Labute approximate surface area is 139 Å². The van der Waals surface area contributed by atoms with Crippen LogP contribution in [0.4, 0.5) is 5.69 Å². The van der Waals surface area contributed by atoms with Crippen molar-refractivity contribution in [2.45, 2.75) is 18.9 Å². The quantitative estimate of drug-likeness (QED) is 0.900. The summed E-state index contributed by atoms with van der Waals surface area (Å²) in [5.74, 6) is -0.0209. The minimum Gasteiger partial charge on any atom is -0.367 e. The lowest BCUT2D eigenvalue weighted by Gasteiger charge is -2.27. The van der Waals surface area contributed by atoms with Gasteiger partial charge in [-0.25, -0.2) is 0 Å². The van der Waals surface area contributed by atoms with Crippen molar-refractivity contribution in [1.82, 2.24) is 5.32 Å². The fourth-order valence-corrected chi connectivity index (χ4v) is 3.42. The fraction of sp³-hybridized carbons (Fsp3) is 0.278. The second kappa shape index (κ2) is 6.97. The molecule has 1 heterocycles. The van der Waals surface area contributed by atoms with E-state index in [4.69, 9.17) is 0 Å². The molecule has 4 heteroatoms. The van der Waals surface area contributed by atoms with Crippen LogP contribution in [0.3, 0.4) is 0 Å². The molecule has 3 rings (SSSR count). The molecule has 1 saturated heterocycles. The third-order valence-electron chi connectivity index (χ3n) is 4.08. The number of anilines is 1. The van der Waals surface area contributed by atoms with Crippen LogP contribution in [0.1, 0.15) is 23.2 Å². The zero-order valence-corrected chi connectivity index (χ0v) is 13.9. The predicted molar refractivity (Wildman–Crippen MR) is 93.3 cm³/mol. The van der Waals surface area contributed by atoms with Crippen LogP contribution >= 0.6 is 15.9 Å². The van der Waals surface area contributed by atoms with Crippen LogP contribution in [0.15, 0.2) is 59.1 Å². The standard InChI is InChI=1S/C18H19BrN2O/c19-17-11-5-4-10-16(17)18(22)20-13-15-9-6-12-21(15)14-7-2-1-3-8-14/h1-5,7-8,10-11,15H,6,9,12-13H2,(H,20,22)/t15-/m1/s1. The van der Waals surface area contributed by atoms with E-state index >= 15 is 0 Å². The maximum absolute atomic E-state index is 12.3. The van der Waals surface area contributed by atoms with E-state index in [0.717, 1.165) is 17.4 Å². The van der Waals surface area contributed by atoms with Gasteiger partial charge in [-0.05, 0) is 53.0 Å². The Morgan fingerprint density at radius 2 is 1.86 bits per heavy atom. The largest absolute Gasteiger partial charge is 0.367 e. The Morgan fingerprint density at radius 3 is 2.64 bits per heavy atom. The molecule has 1 N–H and O–H groups in total. The van der Waals surface area contributed by atoms with Gasteiger partial charge in [0, 0.05) is 29.3 Å². The summed E-state index contributed by atoms with van der Waals surface area (Å²) in [6.45, 7) is 1.73. The Balaban J connectivity index is 1.64. The van der Waals surface area contributed by atoms with E-state index in [0.29, 0.717) is 18.2 Å². The third kappa shape index (κ3) is 3.33. The van der Waals surface area contributed by atoms with Crippen molar-refractivity contribution in [3.05, 3.63) is 64.6 Å². The first-order chi connectivity index (χ1) is 10.8. The Morgan fingerprint density at radius 1 is 1.14 bits per heavy atom. The number of nitrogens with zero attached hydrogens (tertiary/aromatic N) is 1. The second-order valence-corrected chi connectivity index (χ2v) is 6.37. The maximum atomic E-state index is 12.3. The molecule has 3 nitrogen and oxygen atoms in total. The fourth-order valence-electron chi connectivity index (χ4n) is 2.96. The van der Waals surface area contributed by atoms with Crippen LogP contribution in [0.2, 0.25) is 0 Å². The lowest BCUT2D eigenvalue weighted by atomic mass is 10.1. The summed E-state index contributed by atoms with van der Waals surface area (Å²) in [7, 11) is 0. The number of nitrogens with one attached hydrogen (secondary N) is 1. The lowest BCUT2D eigenvalue weighted by Crippen LogP contribution is -2.40. The van der Waals surface area contributed by atoms with Crippen molar-refractivity contribution in [3.8, 4) is 0 Å². The van der Waals surface area contributed by atoms with Crippen molar-refractivity contribution in [2.75, 3.05) is 18.0 Å². The van der Waals surface area contributed by atoms with Gasteiger partial charge in [-0.3, -0.25) is 4.79 Å². The van der Waals surface area contributed by atoms with Crippen LogP contribution in [-0.4, -0.2) is 25.0 Å². The molecule has 0 saturated carbocycles. The number of para-hydroxylation sites is 1. The van der Waals surface area contributed by atoms with Crippen molar-refractivity contribution < 1.29 is 4.79 Å². The molecule has 1 atom stereocenters. The number of benzene rings is 2. The molecule has 114 valence electrons. The van der Waals surface area contributed by atoms with E-state index in [9.17, 15) is 4.79 Å². The van der Waals surface area contributed by atoms with E-state index < -0.39 is 0 Å². The van der Waals surface area contributed by atoms with Gasteiger partial charge < -0.3 is 10.2 Å². The molecule has 0 spiro atoms. The summed E-state index contributed by atoms with van der Waals surface area (Å²) in [6, 6.07) is 18.3. The number of rotatable bonds is 4. The highest BCUT2D eigenvalue weighted by Crippen LogP contribution is 2.25. The van der Waals surface area contributed by atoms with Crippen LogP contribution in [-0.2, 0) is 0 Å². The Hall–Kier alpha value is -1.81. The van der Waals surface area contributed by atoms with E-state index in [1.54, 1.807) is 0 Å². The van der Waals surface area contributed by atoms with Gasteiger partial charge in [-0.15, -0.1) is 0 Å². The zero-order chi connectivity index (χ0) is 15.4. The number of halogens is 1. The molecule has 1 amide bonds. The molecule has 2 aromatic carbocycles. The first-order valence-electron chi connectivity index (χ1n) is 7.60. The van der Waals surface area contributed by atoms with Crippen molar-refractivity contribution >= 4 is 27.5 Å². The van der Waals surface area contributed by atoms with E-state index in [1.165, 1.54) is 12.1 Å². The normalized spacial score (nSPS) is 17.5. The maximum Gasteiger partial charge on any atom is 0.252 e. The molecule has 1 fully saturated rings. The highest BCUT2D eigenvalue weighted by molar-refractivity contribution is 9.10. The topological polar surface area (TPSA) is 32.3 Å². The summed E-state index contributed by atoms with van der Waals surface area (Å²) in [5, 5.41) is 3.07. The number of hydrogen-bond acceptors (Lipinski definition) is 2. The summed E-state index contributed by atoms with van der Waals surface area (Å²) in [6.07, 6.45) is 2.29. The van der Waals surface area contributed by atoms with Crippen molar-refractivity contribution in [3.63, 3.8) is 0 Å². The van der Waals surface area contributed by atoms with Gasteiger partial charge in [-0.1, -0.05) is 30.3 Å². The molecule has 0 aromatic heterocycles. The summed E-state index contributed by atoms with van der Waals surface area (Å²) in [4.78, 5) is 14.7. The van der Waals surface area contributed by atoms with Gasteiger partial charge in [0.1, 0.15) is 0 Å². The SMILES string of the molecule is O=C(NC[C@H]1CCCN1c1ccccc1)c1ccccc1Br. The van der Waals surface area contributed by atoms with Crippen molar-refractivity contribution in [2.24, 2.45) is 0 Å². The Kier molecular flexibility index (Phi) is 4.78. The monoisotopic (exact) mass is 358 g/mol. The molecule has 0 bridgehead atoms. The molecule has 22 heavy (non-hydrogen) atoms. The van der Waals surface area contributed by atoms with Gasteiger partial charge in [-0.2, -0.15) is 0 Å². The lowest BCUT2D eigenvalue weighted by molar-refractivity contribution is 0.0950. The summed E-state index contributed by atoms with van der Waals surface area (Å²) < 4.78 is 0.832. The number of carbonyl (C=O) groups excluding carboxylic acids is 1. The van der Waals surface area contributed by atoms with Gasteiger partial charge in [0.25, 0.3) is 5.91 Å². The molecular formula is C18H19BrN2O. The van der Waals surface area contributed by atoms with Gasteiger partial charge in [0.05, 0.1) is 5.56 Å². The molecule has 0 radical (unpaired) electrons. The molecular weight excluding hydrogens is 340 g/mol. The third-order valence-corrected chi connectivity index (χ3v) is 4.77. The summed E-state index contributed by atoms with van der Waals surface area (Å²) in [5.41, 5.74) is 1.92. The molecule has 2 aromatic rings. The molecule has 1 aliphatic rings. The molecule has 0 aliphatic carbocycles. The molecule has 1 aliphatic heterocycles. The minimum absolute atomic E-state index is 0.0209. The average Bonchev–Trinajstić information content (AvgIpc) is 3.02. The molecule has 0 unspecified atom stereocenters. The first kappa shape index (κ1) is 15.1. The smallest absolute Gasteiger partial charge is 0.252 e. The van der Waals surface area contributed by atoms with Crippen LogP contribution in [0, 0.1) is 0 Å². The predicted octanol–water partition coefficient (Wildman–Crippen LogP) is 3.85. The highest BCUT2D eigenvalue weighted by atomic mass is 79.9. The number of hydrogen-bond donors (Lipinski definition) is 1. The van der Waals surface area contributed by atoms with E-state index in [2.05, 4.69) is 50.4 Å². The van der Waals surface area contributed by atoms with Gasteiger partial charge in [0.15, 0.2) is 0 Å². The van der Waals surface area contributed by atoms with Gasteiger partial charge >= 0.3 is 0 Å². The number of carbonyl (C=O) groups is 1. The van der Waals surface area contributed by atoms with Crippen LogP contribution in [0.5, 0.6) is 0 Å². The van der Waals surface area contributed by atoms with Crippen LogP contribution < -0.4 is 10.2 Å². The van der Waals surface area contributed by atoms with Crippen LogP contribution in [0.25, 0.3) is 0 Å². The van der Waals surface area contributed by atoms with E-state index in [-0.39, 0.29) is 5.91 Å². The van der Waals surface area contributed by atoms with Gasteiger partial charge in [0.2, 0.25) is 0 Å². The minimum atomic E-state index is -0.0209. The van der Waals surface area contributed by atoms with Crippen molar-refractivity contribution in [1.29, 1.82) is 0 Å².